The fourth-order valence-corrected chi connectivity index (χ4v) is 4.79. The number of rotatable bonds is 16. The molecule has 1 unspecified atom stereocenters. The Morgan fingerprint density at radius 2 is 1.56 bits per heavy atom. The van der Waals surface area contributed by atoms with Crippen LogP contribution in [0.25, 0.3) is 0 Å². The summed E-state index contributed by atoms with van der Waals surface area (Å²) in [6.45, 7) is 8.41. The fourth-order valence-electron chi connectivity index (χ4n) is 4.79. The molecule has 0 radical (unpaired) electrons. The van der Waals surface area contributed by atoms with Gasteiger partial charge in [0, 0.05) is 37.0 Å². The molecule has 0 aromatic heterocycles. The van der Waals surface area contributed by atoms with Crippen LogP contribution < -0.4 is 14.2 Å². The molecule has 0 saturated carbocycles. The van der Waals surface area contributed by atoms with E-state index in [1.165, 1.54) is 31.4 Å². The highest BCUT2D eigenvalue weighted by Gasteiger charge is 2.33. The van der Waals surface area contributed by atoms with E-state index in [2.05, 4.69) is 20.4 Å². The molecule has 2 atom stereocenters. The molecule has 0 saturated heterocycles. The zero-order chi connectivity index (χ0) is 28.2. The topological polar surface area (TPSA) is 105 Å². The molecule has 1 aliphatic rings. The Morgan fingerprint density at radius 1 is 0.897 bits per heavy atom. The number of hydrogen-bond donors (Lipinski definition) is 3. The van der Waals surface area contributed by atoms with Crippen molar-refractivity contribution in [3.8, 4) is 28.7 Å². The van der Waals surface area contributed by atoms with Gasteiger partial charge in [-0.1, -0.05) is 77.9 Å². The first kappa shape index (κ1) is 30.4. The summed E-state index contributed by atoms with van der Waals surface area (Å²) in [5.41, 5.74) is 1.05. The van der Waals surface area contributed by atoms with Gasteiger partial charge in [-0.3, -0.25) is 4.79 Å². The standard InChI is InChI=1S/C32H44O7/c1-4-6-8-10-12-14-22(3)37-30-18-23(16-17-28(30)38-31(36)15-13-11-9-7-5-2)32-27(35)21-25-26(34)19-24(33)20-29(25)39-32/h16-20,27,32-35H,3-15,21H2,1-2H3/t27-,32?/m1/s1. The number of phenolic OH excluding ortho intramolecular Hbond substituents is 2. The Hall–Kier alpha value is -3.19. The van der Waals surface area contributed by atoms with Crippen molar-refractivity contribution in [1.29, 1.82) is 0 Å². The van der Waals surface area contributed by atoms with Crippen LogP contribution in [0.3, 0.4) is 0 Å². The first-order chi connectivity index (χ1) is 18.8. The molecule has 1 heterocycles. The van der Waals surface area contributed by atoms with Crippen molar-refractivity contribution in [2.45, 2.75) is 110 Å². The van der Waals surface area contributed by atoms with Crippen LogP contribution in [0.15, 0.2) is 42.7 Å². The number of aromatic hydroxyl groups is 2. The van der Waals surface area contributed by atoms with Gasteiger partial charge in [-0.25, -0.2) is 0 Å². The number of benzene rings is 2. The van der Waals surface area contributed by atoms with E-state index in [4.69, 9.17) is 14.2 Å². The quantitative estimate of drug-likeness (QED) is 0.0869. The smallest absolute Gasteiger partial charge is 0.311 e. The largest absolute Gasteiger partial charge is 0.508 e. The van der Waals surface area contributed by atoms with Gasteiger partial charge < -0.3 is 29.5 Å². The molecule has 2 aromatic carbocycles. The van der Waals surface area contributed by atoms with Gasteiger partial charge >= 0.3 is 5.97 Å². The molecule has 7 nitrogen and oxygen atoms in total. The summed E-state index contributed by atoms with van der Waals surface area (Å²) < 4.78 is 17.8. The van der Waals surface area contributed by atoms with Crippen molar-refractivity contribution in [2.75, 3.05) is 0 Å². The van der Waals surface area contributed by atoms with Crippen LogP contribution >= 0.6 is 0 Å². The Balaban J connectivity index is 1.76. The molecule has 2 aromatic rings. The lowest BCUT2D eigenvalue weighted by Crippen LogP contribution is -2.30. The lowest BCUT2D eigenvalue weighted by atomic mass is 9.94. The summed E-state index contributed by atoms with van der Waals surface area (Å²) in [6.07, 6.45) is 10.2. The van der Waals surface area contributed by atoms with E-state index >= 15 is 0 Å². The molecule has 39 heavy (non-hydrogen) atoms. The van der Waals surface area contributed by atoms with Crippen LogP contribution in [0.4, 0.5) is 0 Å². The number of esters is 1. The maximum atomic E-state index is 12.6. The minimum atomic E-state index is -0.945. The Bertz CT molecular complexity index is 1090. The Morgan fingerprint density at radius 3 is 2.26 bits per heavy atom. The first-order valence-electron chi connectivity index (χ1n) is 14.4. The predicted octanol–water partition coefficient (Wildman–Crippen LogP) is 7.65. The van der Waals surface area contributed by atoms with Crippen LogP contribution in [-0.2, 0) is 11.2 Å². The van der Waals surface area contributed by atoms with E-state index in [0.29, 0.717) is 47.0 Å². The summed E-state index contributed by atoms with van der Waals surface area (Å²) in [4.78, 5) is 12.6. The number of carbonyl (C=O) groups is 1. The molecule has 0 fully saturated rings. The monoisotopic (exact) mass is 540 g/mol. The lowest BCUT2D eigenvalue weighted by molar-refractivity contribution is -0.134. The number of phenols is 2. The van der Waals surface area contributed by atoms with Crippen molar-refractivity contribution >= 4 is 5.97 Å². The fraction of sp³-hybridized carbons (Fsp3) is 0.531. The SMILES string of the molecule is C=C(CCCCCCC)Oc1cc(C2Oc3cc(O)cc(O)c3C[C@H]2O)ccc1OC(=O)CCCCCCC. The molecule has 3 N–H and O–H groups in total. The third kappa shape index (κ3) is 9.20. The van der Waals surface area contributed by atoms with Crippen LogP contribution in [-0.4, -0.2) is 27.4 Å². The van der Waals surface area contributed by atoms with E-state index in [0.717, 1.165) is 44.9 Å². The molecule has 0 aliphatic carbocycles. The van der Waals surface area contributed by atoms with Crippen LogP contribution in [0, 0.1) is 0 Å². The lowest BCUT2D eigenvalue weighted by Gasteiger charge is -2.31. The molecule has 7 heteroatoms. The van der Waals surface area contributed by atoms with Gasteiger partial charge in [0.2, 0.25) is 0 Å². The summed E-state index contributed by atoms with van der Waals surface area (Å²) in [7, 11) is 0. The molecule has 0 spiro atoms. The van der Waals surface area contributed by atoms with Gasteiger partial charge in [-0.15, -0.1) is 0 Å². The van der Waals surface area contributed by atoms with Crippen LogP contribution in [0.2, 0.25) is 0 Å². The zero-order valence-corrected chi connectivity index (χ0v) is 23.4. The van der Waals surface area contributed by atoms with E-state index in [9.17, 15) is 20.1 Å². The number of fused-ring (bicyclic) bond motifs is 1. The summed E-state index contributed by atoms with van der Waals surface area (Å²) >= 11 is 0. The van der Waals surface area contributed by atoms with Gasteiger partial charge in [0.1, 0.15) is 23.4 Å². The van der Waals surface area contributed by atoms with E-state index in [-0.39, 0.29) is 23.9 Å². The van der Waals surface area contributed by atoms with Gasteiger partial charge in [0.15, 0.2) is 11.5 Å². The van der Waals surface area contributed by atoms with E-state index in [1.54, 1.807) is 18.2 Å². The van der Waals surface area contributed by atoms with E-state index < -0.39 is 12.2 Å². The maximum absolute atomic E-state index is 12.6. The molecular formula is C32H44O7. The Kier molecular flexibility index (Phi) is 12.0. The number of aliphatic hydroxyl groups is 1. The van der Waals surface area contributed by atoms with Gasteiger partial charge in [0.25, 0.3) is 0 Å². The number of allylic oxidation sites excluding steroid dienone is 1. The number of hydrogen-bond acceptors (Lipinski definition) is 7. The van der Waals surface area contributed by atoms with E-state index in [1.807, 2.05) is 0 Å². The Labute approximate surface area is 232 Å². The molecule has 3 rings (SSSR count). The minimum absolute atomic E-state index is 0.126. The normalized spacial score (nSPS) is 16.3. The predicted molar refractivity (Wildman–Crippen MR) is 151 cm³/mol. The van der Waals surface area contributed by atoms with Gasteiger partial charge in [-0.05, 0) is 30.5 Å². The van der Waals surface area contributed by atoms with Gasteiger partial charge in [-0.2, -0.15) is 0 Å². The van der Waals surface area contributed by atoms with Gasteiger partial charge in [0.05, 0.1) is 11.9 Å². The number of aliphatic hydroxyl groups excluding tert-OH is 1. The molecular weight excluding hydrogens is 496 g/mol. The number of unbranched alkanes of at least 4 members (excludes halogenated alkanes) is 8. The second kappa shape index (κ2) is 15.4. The molecule has 0 bridgehead atoms. The van der Waals surface area contributed by atoms with Crippen LogP contribution in [0.5, 0.6) is 28.7 Å². The highest BCUT2D eigenvalue weighted by Crippen LogP contribution is 2.43. The third-order valence-corrected chi connectivity index (χ3v) is 7.00. The molecule has 214 valence electrons. The first-order valence-corrected chi connectivity index (χ1v) is 14.4. The van der Waals surface area contributed by atoms with Crippen molar-refractivity contribution in [1.82, 2.24) is 0 Å². The third-order valence-electron chi connectivity index (χ3n) is 7.00. The number of carbonyl (C=O) groups excluding carboxylic acids is 1. The minimum Gasteiger partial charge on any atom is -0.508 e. The second-order valence-corrected chi connectivity index (χ2v) is 10.4. The van der Waals surface area contributed by atoms with Crippen molar-refractivity contribution in [3.63, 3.8) is 0 Å². The average molecular weight is 541 g/mol. The number of ether oxygens (including phenoxy) is 3. The summed E-state index contributed by atoms with van der Waals surface area (Å²) in [5.74, 6) is 0.946. The van der Waals surface area contributed by atoms with Crippen molar-refractivity contribution in [3.05, 3.63) is 53.8 Å². The maximum Gasteiger partial charge on any atom is 0.311 e. The molecule has 0 amide bonds. The van der Waals surface area contributed by atoms with Crippen LogP contribution in [0.1, 0.15) is 108 Å². The van der Waals surface area contributed by atoms with Crippen molar-refractivity contribution in [2.24, 2.45) is 0 Å². The summed E-state index contributed by atoms with van der Waals surface area (Å²) in [5, 5.41) is 30.9. The molecule has 1 aliphatic heterocycles. The highest BCUT2D eigenvalue weighted by molar-refractivity contribution is 5.73. The van der Waals surface area contributed by atoms with Crippen molar-refractivity contribution < 1.29 is 34.3 Å². The average Bonchev–Trinajstić information content (AvgIpc) is 2.89. The summed E-state index contributed by atoms with van der Waals surface area (Å²) in [6, 6.07) is 7.73. The highest BCUT2D eigenvalue weighted by atomic mass is 16.6. The second-order valence-electron chi connectivity index (χ2n) is 10.4. The zero-order valence-electron chi connectivity index (χ0n) is 23.4.